The van der Waals surface area contributed by atoms with Gasteiger partial charge in [0.05, 0.1) is 11.9 Å². The molecule has 3 aromatic carbocycles. The maximum atomic E-state index is 14.1. The molecule has 0 saturated heterocycles. The molecular weight excluding hydrogens is 593 g/mol. The number of halogens is 3. The fourth-order valence-corrected chi connectivity index (χ4v) is 5.49. The Kier molecular flexibility index (Phi) is 11.3. The Morgan fingerprint density at radius 1 is 0.925 bits per heavy atom. The third-order valence-corrected chi connectivity index (χ3v) is 8.40. The van der Waals surface area contributed by atoms with Gasteiger partial charge < -0.3 is 10.2 Å². The van der Waals surface area contributed by atoms with Crippen LogP contribution in [0, 0.1) is 0 Å². The van der Waals surface area contributed by atoms with Crippen LogP contribution in [0.25, 0.3) is 0 Å². The predicted molar refractivity (Wildman–Crippen MR) is 162 cm³/mol. The SMILES string of the molecule is CCC(C)NC(=O)C(Cc1ccccc1)N(Cc1ccc(Cl)cc1Cl)C(=O)CN(c1ccc(Cl)cc1)S(C)(=O)=O. The van der Waals surface area contributed by atoms with E-state index in [9.17, 15) is 18.0 Å². The molecule has 40 heavy (non-hydrogen) atoms. The molecule has 0 aliphatic heterocycles. The molecule has 0 bridgehead atoms. The molecule has 2 amide bonds. The Morgan fingerprint density at radius 3 is 2.12 bits per heavy atom. The largest absolute Gasteiger partial charge is 0.352 e. The minimum absolute atomic E-state index is 0.0432. The number of sulfonamides is 1. The molecule has 0 radical (unpaired) electrons. The minimum Gasteiger partial charge on any atom is -0.352 e. The zero-order valence-electron chi connectivity index (χ0n) is 22.5. The molecule has 0 heterocycles. The van der Waals surface area contributed by atoms with E-state index in [1.54, 1.807) is 30.3 Å². The Morgan fingerprint density at radius 2 is 1.55 bits per heavy atom. The van der Waals surface area contributed by atoms with Crippen molar-refractivity contribution >= 4 is 62.3 Å². The standard InChI is InChI=1S/C29H32Cl3N3O4S/c1-4-20(2)33-29(37)27(16-21-8-6-5-7-9-21)34(18-22-10-11-24(31)17-26(22)32)28(36)19-35(40(3,38)39)25-14-12-23(30)13-15-25/h5-15,17,20,27H,4,16,18-19H2,1-3H3,(H,33,37). The fourth-order valence-electron chi connectivity index (χ4n) is 4.05. The van der Waals surface area contributed by atoms with E-state index in [0.29, 0.717) is 27.1 Å². The highest BCUT2D eigenvalue weighted by Crippen LogP contribution is 2.26. The van der Waals surface area contributed by atoms with Gasteiger partial charge in [0, 0.05) is 34.1 Å². The summed E-state index contributed by atoms with van der Waals surface area (Å²) in [7, 11) is -3.88. The van der Waals surface area contributed by atoms with Crippen molar-refractivity contribution in [3.05, 3.63) is 99.0 Å². The van der Waals surface area contributed by atoms with Gasteiger partial charge in [-0.2, -0.15) is 0 Å². The van der Waals surface area contributed by atoms with Gasteiger partial charge in [-0.25, -0.2) is 8.42 Å². The smallest absolute Gasteiger partial charge is 0.244 e. The van der Waals surface area contributed by atoms with Crippen LogP contribution in [0.3, 0.4) is 0 Å². The lowest BCUT2D eigenvalue weighted by atomic mass is 10.0. The van der Waals surface area contributed by atoms with E-state index in [1.165, 1.54) is 17.0 Å². The molecular formula is C29H32Cl3N3O4S. The van der Waals surface area contributed by atoms with E-state index in [2.05, 4.69) is 5.32 Å². The number of hydrogen-bond acceptors (Lipinski definition) is 4. The molecule has 7 nitrogen and oxygen atoms in total. The summed E-state index contributed by atoms with van der Waals surface area (Å²) in [5, 5.41) is 4.15. The predicted octanol–water partition coefficient (Wildman–Crippen LogP) is 5.97. The average molecular weight is 625 g/mol. The fraction of sp³-hybridized carbons (Fsp3) is 0.310. The van der Waals surface area contributed by atoms with Crippen LogP contribution in [0.4, 0.5) is 5.69 Å². The van der Waals surface area contributed by atoms with E-state index in [0.717, 1.165) is 16.1 Å². The van der Waals surface area contributed by atoms with E-state index in [-0.39, 0.29) is 30.6 Å². The van der Waals surface area contributed by atoms with Gasteiger partial charge in [-0.05, 0) is 60.9 Å². The number of carbonyl (C=O) groups excluding carboxylic acids is 2. The van der Waals surface area contributed by atoms with Gasteiger partial charge in [0.2, 0.25) is 21.8 Å². The highest BCUT2D eigenvalue weighted by Gasteiger charge is 2.33. The molecule has 214 valence electrons. The van der Waals surface area contributed by atoms with E-state index in [4.69, 9.17) is 34.8 Å². The quantitative estimate of drug-likeness (QED) is 0.269. The summed E-state index contributed by atoms with van der Waals surface area (Å²) in [6, 6.07) is 19.3. The molecule has 0 aliphatic carbocycles. The zero-order chi connectivity index (χ0) is 29.4. The van der Waals surface area contributed by atoms with E-state index >= 15 is 0 Å². The summed E-state index contributed by atoms with van der Waals surface area (Å²) in [5.41, 5.74) is 1.67. The Labute approximate surface area is 251 Å². The van der Waals surface area contributed by atoms with Crippen molar-refractivity contribution < 1.29 is 18.0 Å². The highest BCUT2D eigenvalue weighted by molar-refractivity contribution is 7.92. The maximum Gasteiger partial charge on any atom is 0.244 e. The van der Waals surface area contributed by atoms with Gasteiger partial charge in [-0.3, -0.25) is 13.9 Å². The molecule has 0 fully saturated rings. The van der Waals surface area contributed by atoms with Gasteiger partial charge >= 0.3 is 0 Å². The third-order valence-electron chi connectivity index (χ3n) is 6.42. The molecule has 0 saturated carbocycles. The second kappa shape index (κ2) is 14.2. The highest BCUT2D eigenvalue weighted by atomic mass is 35.5. The van der Waals surface area contributed by atoms with Crippen molar-refractivity contribution in [3.63, 3.8) is 0 Å². The average Bonchev–Trinajstić information content (AvgIpc) is 2.90. The van der Waals surface area contributed by atoms with Gasteiger partial charge in [-0.15, -0.1) is 0 Å². The maximum absolute atomic E-state index is 14.1. The van der Waals surface area contributed by atoms with Crippen LogP contribution in [0.2, 0.25) is 15.1 Å². The minimum atomic E-state index is -3.88. The first kappa shape index (κ1) is 31.7. The number of rotatable bonds is 12. The van der Waals surface area contributed by atoms with Gasteiger partial charge in [-0.1, -0.05) is 78.1 Å². The number of carbonyl (C=O) groups is 2. The molecule has 11 heteroatoms. The zero-order valence-corrected chi connectivity index (χ0v) is 25.6. The second-order valence-corrected chi connectivity index (χ2v) is 12.7. The first-order valence-corrected chi connectivity index (χ1v) is 15.7. The van der Waals surface area contributed by atoms with Crippen molar-refractivity contribution in [2.75, 3.05) is 17.1 Å². The summed E-state index contributed by atoms with van der Waals surface area (Å²) in [6.45, 7) is 3.25. The normalized spacial score (nSPS) is 12.8. The molecule has 0 spiro atoms. The lowest BCUT2D eigenvalue weighted by Crippen LogP contribution is -2.54. The number of nitrogens with zero attached hydrogens (tertiary/aromatic N) is 2. The molecule has 2 unspecified atom stereocenters. The van der Waals surface area contributed by atoms with Crippen molar-refractivity contribution in [1.29, 1.82) is 0 Å². The van der Waals surface area contributed by atoms with Crippen molar-refractivity contribution in [2.45, 2.75) is 45.3 Å². The van der Waals surface area contributed by atoms with Crippen LogP contribution in [-0.4, -0.2) is 50.0 Å². The number of benzene rings is 3. The van der Waals surface area contributed by atoms with Crippen molar-refractivity contribution in [1.82, 2.24) is 10.2 Å². The van der Waals surface area contributed by atoms with Crippen LogP contribution >= 0.6 is 34.8 Å². The first-order valence-electron chi connectivity index (χ1n) is 12.7. The Balaban J connectivity index is 2.08. The summed E-state index contributed by atoms with van der Waals surface area (Å²) >= 11 is 18.6. The van der Waals surface area contributed by atoms with Gasteiger partial charge in [0.25, 0.3) is 0 Å². The van der Waals surface area contributed by atoms with Gasteiger partial charge in [0.15, 0.2) is 0 Å². The number of amides is 2. The second-order valence-electron chi connectivity index (χ2n) is 9.53. The lowest BCUT2D eigenvalue weighted by molar-refractivity contribution is -0.140. The molecule has 2 atom stereocenters. The molecule has 1 N–H and O–H groups in total. The number of anilines is 1. The van der Waals surface area contributed by atoms with Gasteiger partial charge in [0.1, 0.15) is 12.6 Å². The van der Waals surface area contributed by atoms with E-state index in [1.807, 2.05) is 44.2 Å². The van der Waals surface area contributed by atoms with Crippen LogP contribution in [0.1, 0.15) is 31.4 Å². The molecule has 0 aromatic heterocycles. The summed E-state index contributed by atoms with van der Waals surface area (Å²) in [5.74, 6) is -0.930. The number of nitrogens with one attached hydrogen (secondary N) is 1. The van der Waals surface area contributed by atoms with Crippen LogP contribution in [0.15, 0.2) is 72.8 Å². The summed E-state index contributed by atoms with van der Waals surface area (Å²) in [6.07, 6.45) is 1.92. The number of hydrogen-bond donors (Lipinski definition) is 1. The van der Waals surface area contributed by atoms with Crippen LogP contribution < -0.4 is 9.62 Å². The Bertz CT molecular complexity index is 1420. The first-order chi connectivity index (χ1) is 18.9. The third kappa shape index (κ3) is 8.86. The summed E-state index contributed by atoms with van der Waals surface area (Å²) < 4.78 is 26.6. The van der Waals surface area contributed by atoms with Crippen molar-refractivity contribution in [2.24, 2.45) is 0 Å². The monoisotopic (exact) mass is 623 g/mol. The van der Waals surface area contributed by atoms with Crippen molar-refractivity contribution in [3.8, 4) is 0 Å². The van der Waals surface area contributed by atoms with Crippen LogP contribution in [-0.2, 0) is 32.6 Å². The molecule has 3 rings (SSSR count). The van der Waals surface area contributed by atoms with E-state index < -0.39 is 28.5 Å². The Hall–Kier alpha value is -2.78. The lowest BCUT2D eigenvalue weighted by Gasteiger charge is -2.34. The van der Waals surface area contributed by atoms with Crippen LogP contribution in [0.5, 0.6) is 0 Å². The molecule has 0 aliphatic rings. The topological polar surface area (TPSA) is 86.8 Å². The summed E-state index contributed by atoms with van der Waals surface area (Å²) in [4.78, 5) is 29.1. The molecule has 3 aromatic rings.